The Morgan fingerprint density at radius 3 is 2.41 bits per heavy atom. The highest BCUT2D eigenvalue weighted by Crippen LogP contribution is 2.35. The Kier molecular flexibility index (Phi) is 8.26. The number of carbonyl (C=O) groups excluding carboxylic acids is 1. The van der Waals surface area contributed by atoms with E-state index in [-0.39, 0.29) is 12.1 Å². The summed E-state index contributed by atoms with van der Waals surface area (Å²) in [6.45, 7) is 6.31. The topological polar surface area (TPSA) is 99.5 Å². The van der Waals surface area contributed by atoms with Crippen LogP contribution in [0.4, 0.5) is 16.3 Å². The molecular weight excluding hydrogens is 542 g/mol. The van der Waals surface area contributed by atoms with Crippen molar-refractivity contribution in [1.82, 2.24) is 19.9 Å². The second-order valence-electron chi connectivity index (χ2n) is 10.2. The molecule has 0 aliphatic heterocycles. The number of anilines is 2. The van der Waals surface area contributed by atoms with Crippen LogP contribution in [-0.2, 0) is 11.3 Å². The van der Waals surface area contributed by atoms with Gasteiger partial charge in [0.15, 0.2) is 5.82 Å². The first-order valence-electron chi connectivity index (χ1n) is 13.1. The summed E-state index contributed by atoms with van der Waals surface area (Å²) in [6, 6.07) is 24.2. The number of halogens is 1. The number of nitrogens with one attached hydrogen (secondary N) is 2. The molecular formula is C31H30ClN5O4. The average molecular weight is 572 g/mol. The van der Waals surface area contributed by atoms with Crippen molar-refractivity contribution in [3.8, 4) is 23.0 Å². The standard InChI is InChI=1S/C31H30ClN5O4/c1-31(2,3)36-30(38)39-17-16-37-15-14-26-28(37)29(34-20-33-26)35-21-12-13-27(25(32)18-21)41-24-11-7-10-23(19-24)40-22-8-5-4-6-9-22/h4-15,18-20H,16-17H2,1-3H3,(H,36,38)(H,33,34,35). The predicted molar refractivity (Wildman–Crippen MR) is 160 cm³/mol. The summed E-state index contributed by atoms with van der Waals surface area (Å²) in [4.78, 5) is 20.8. The number of rotatable bonds is 9. The van der Waals surface area contributed by atoms with Gasteiger partial charge in [-0.1, -0.05) is 35.9 Å². The molecule has 5 aromatic rings. The summed E-state index contributed by atoms with van der Waals surface area (Å²) >= 11 is 6.60. The predicted octanol–water partition coefficient (Wildman–Crippen LogP) is 7.94. The average Bonchev–Trinajstić information content (AvgIpc) is 3.34. The van der Waals surface area contributed by atoms with E-state index in [0.717, 1.165) is 22.5 Å². The molecule has 1 amide bonds. The molecule has 0 saturated heterocycles. The lowest BCUT2D eigenvalue weighted by Crippen LogP contribution is -2.41. The SMILES string of the molecule is CC(C)(C)NC(=O)OCCn1ccc2ncnc(Nc3ccc(Oc4cccc(Oc5ccccc5)c4)c(Cl)c3)c21. The molecule has 0 aliphatic carbocycles. The number of aromatic nitrogens is 3. The largest absolute Gasteiger partial charge is 0.457 e. The van der Waals surface area contributed by atoms with E-state index in [1.807, 2.05) is 92.2 Å². The van der Waals surface area contributed by atoms with E-state index in [1.54, 1.807) is 18.2 Å². The number of carbonyl (C=O) groups is 1. The highest BCUT2D eigenvalue weighted by Gasteiger charge is 2.15. The van der Waals surface area contributed by atoms with E-state index in [1.165, 1.54) is 6.33 Å². The summed E-state index contributed by atoms with van der Waals surface area (Å²) in [6.07, 6.45) is 2.91. The van der Waals surface area contributed by atoms with Crippen LogP contribution in [0.15, 0.2) is 91.4 Å². The van der Waals surface area contributed by atoms with Crippen molar-refractivity contribution < 1.29 is 19.0 Å². The first-order valence-corrected chi connectivity index (χ1v) is 13.4. The maximum atomic E-state index is 12.0. The highest BCUT2D eigenvalue weighted by atomic mass is 35.5. The zero-order valence-electron chi connectivity index (χ0n) is 22.9. The van der Waals surface area contributed by atoms with Crippen molar-refractivity contribution >= 4 is 40.2 Å². The summed E-state index contributed by atoms with van der Waals surface area (Å²) in [5.74, 6) is 3.07. The molecule has 0 radical (unpaired) electrons. The smallest absolute Gasteiger partial charge is 0.407 e. The first kappa shape index (κ1) is 27.8. The molecule has 0 unspecified atom stereocenters. The molecule has 0 saturated carbocycles. The van der Waals surface area contributed by atoms with Crippen LogP contribution in [0.3, 0.4) is 0 Å². The summed E-state index contributed by atoms with van der Waals surface area (Å²) in [7, 11) is 0. The van der Waals surface area contributed by atoms with E-state index < -0.39 is 6.09 Å². The van der Waals surface area contributed by atoms with Crippen LogP contribution in [0, 0.1) is 0 Å². The van der Waals surface area contributed by atoms with Crippen molar-refractivity contribution in [2.75, 3.05) is 11.9 Å². The molecule has 0 atom stereocenters. The molecule has 2 aromatic heterocycles. The number of fused-ring (bicyclic) bond motifs is 1. The molecule has 41 heavy (non-hydrogen) atoms. The molecule has 3 aromatic carbocycles. The molecule has 0 fully saturated rings. The van der Waals surface area contributed by atoms with E-state index in [2.05, 4.69) is 20.6 Å². The number of nitrogens with zero attached hydrogens (tertiary/aromatic N) is 3. The van der Waals surface area contributed by atoms with Gasteiger partial charge in [-0.3, -0.25) is 0 Å². The minimum absolute atomic E-state index is 0.190. The van der Waals surface area contributed by atoms with Gasteiger partial charge in [0.25, 0.3) is 0 Å². The van der Waals surface area contributed by atoms with Gasteiger partial charge < -0.3 is 29.4 Å². The number of para-hydroxylation sites is 1. The van der Waals surface area contributed by atoms with Crippen molar-refractivity contribution in [2.24, 2.45) is 0 Å². The van der Waals surface area contributed by atoms with Crippen LogP contribution < -0.4 is 20.1 Å². The zero-order chi connectivity index (χ0) is 28.8. The van der Waals surface area contributed by atoms with Gasteiger partial charge in [0.05, 0.1) is 17.1 Å². The summed E-state index contributed by atoms with van der Waals surface area (Å²) < 4.78 is 19.2. The Balaban J connectivity index is 1.26. The van der Waals surface area contributed by atoms with Crippen LogP contribution in [0.5, 0.6) is 23.0 Å². The van der Waals surface area contributed by atoms with Crippen LogP contribution in [0.25, 0.3) is 11.0 Å². The molecule has 5 rings (SSSR count). The number of amides is 1. The van der Waals surface area contributed by atoms with Crippen molar-refractivity contribution in [1.29, 1.82) is 0 Å². The van der Waals surface area contributed by atoms with Gasteiger partial charge in [0.1, 0.15) is 41.4 Å². The van der Waals surface area contributed by atoms with Crippen molar-refractivity contribution in [2.45, 2.75) is 32.9 Å². The molecule has 0 bridgehead atoms. The van der Waals surface area contributed by atoms with Gasteiger partial charge in [-0.2, -0.15) is 0 Å². The quantitative estimate of drug-likeness (QED) is 0.185. The number of ether oxygens (including phenoxy) is 3. The summed E-state index contributed by atoms with van der Waals surface area (Å²) in [5.41, 5.74) is 1.88. The van der Waals surface area contributed by atoms with Gasteiger partial charge in [0.2, 0.25) is 0 Å². The number of hydrogen-bond donors (Lipinski definition) is 2. The van der Waals surface area contributed by atoms with Gasteiger partial charge in [0, 0.05) is 23.5 Å². The zero-order valence-corrected chi connectivity index (χ0v) is 23.7. The molecule has 0 spiro atoms. The fourth-order valence-corrected chi connectivity index (χ4v) is 4.26. The van der Waals surface area contributed by atoms with Crippen LogP contribution in [0.1, 0.15) is 20.8 Å². The molecule has 10 heteroatoms. The number of hydrogen-bond acceptors (Lipinski definition) is 7. The van der Waals surface area contributed by atoms with E-state index in [0.29, 0.717) is 34.6 Å². The van der Waals surface area contributed by atoms with Crippen LogP contribution in [-0.4, -0.2) is 32.8 Å². The van der Waals surface area contributed by atoms with E-state index in [9.17, 15) is 4.79 Å². The van der Waals surface area contributed by atoms with E-state index >= 15 is 0 Å². The van der Waals surface area contributed by atoms with Gasteiger partial charge in [-0.05, 0) is 69.3 Å². The van der Waals surface area contributed by atoms with Crippen molar-refractivity contribution in [3.63, 3.8) is 0 Å². The lowest BCUT2D eigenvalue weighted by molar-refractivity contribution is 0.134. The molecule has 2 N–H and O–H groups in total. The monoisotopic (exact) mass is 571 g/mol. The third-order valence-electron chi connectivity index (χ3n) is 5.80. The van der Waals surface area contributed by atoms with Crippen molar-refractivity contribution in [3.05, 3.63) is 96.4 Å². The maximum Gasteiger partial charge on any atom is 0.407 e. The molecule has 210 valence electrons. The van der Waals surface area contributed by atoms with Crippen LogP contribution >= 0.6 is 11.6 Å². The second kappa shape index (κ2) is 12.2. The number of alkyl carbamates (subject to hydrolysis) is 1. The lowest BCUT2D eigenvalue weighted by Gasteiger charge is -2.20. The van der Waals surface area contributed by atoms with Gasteiger partial charge in [-0.25, -0.2) is 14.8 Å². The fourth-order valence-electron chi connectivity index (χ4n) is 4.04. The third-order valence-corrected chi connectivity index (χ3v) is 6.09. The Labute approximate surface area is 243 Å². The Morgan fingerprint density at radius 2 is 1.66 bits per heavy atom. The minimum atomic E-state index is -0.462. The molecule has 9 nitrogen and oxygen atoms in total. The number of benzene rings is 3. The fraction of sp³-hybridized carbons (Fsp3) is 0.194. The van der Waals surface area contributed by atoms with Crippen LogP contribution in [0.2, 0.25) is 5.02 Å². The molecule has 0 aliphatic rings. The van der Waals surface area contributed by atoms with Gasteiger partial charge in [-0.15, -0.1) is 0 Å². The first-order chi connectivity index (χ1) is 19.7. The van der Waals surface area contributed by atoms with Gasteiger partial charge >= 0.3 is 6.09 Å². The van der Waals surface area contributed by atoms with E-state index in [4.69, 9.17) is 25.8 Å². The second-order valence-corrected chi connectivity index (χ2v) is 10.6. The molecule has 2 heterocycles. The highest BCUT2D eigenvalue weighted by molar-refractivity contribution is 6.32. The lowest BCUT2D eigenvalue weighted by atomic mass is 10.1. The Hall–Kier alpha value is -4.76. The normalized spacial score (nSPS) is 11.2. The summed E-state index contributed by atoms with van der Waals surface area (Å²) in [5, 5.41) is 6.52. The Morgan fingerprint density at radius 1 is 0.902 bits per heavy atom. The third kappa shape index (κ3) is 7.46. The minimum Gasteiger partial charge on any atom is -0.457 e. The maximum absolute atomic E-state index is 12.0. The Bertz CT molecular complexity index is 1650.